The molecule has 1 heterocycles. The number of benzene rings is 3. The molecule has 1 unspecified atom stereocenters. The minimum Gasteiger partial charge on any atom is -0.497 e. The van der Waals surface area contributed by atoms with Crippen molar-refractivity contribution in [3.05, 3.63) is 111 Å². The molecule has 0 saturated heterocycles. The van der Waals surface area contributed by atoms with E-state index < -0.39 is 5.92 Å². The van der Waals surface area contributed by atoms with Gasteiger partial charge >= 0.3 is 0 Å². The molecule has 1 atom stereocenters. The van der Waals surface area contributed by atoms with E-state index in [9.17, 15) is 10.1 Å². The van der Waals surface area contributed by atoms with Crippen molar-refractivity contribution in [2.24, 2.45) is 5.73 Å². The molecule has 0 fully saturated rings. The second-order valence-corrected chi connectivity index (χ2v) is 10.2. The molecule has 3 aromatic rings. The number of hydrogen-bond donors (Lipinski definition) is 1. The zero-order chi connectivity index (χ0) is 27.7. The van der Waals surface area contributed by atoms with Gasteiger partial charge in [0.1, 0.15) is 23.9 Å². The number of ether oxygens (including phenoxy) is 2. The smallest absolute Gasteiger partial charge is 0.161 e. The molecule has 1 aliphatic carbocycles. The SMILES string of the molecule is COc1ccc(OCc2cc(C)cc(C3C(C#N)=C(N)N(c4ccccc4C)C4=C3C(=O)CCC4)c2C)cc1. The van der Waals surface area contributed by atoms with Gasteiger partial charge in [-0.3, -0.25) is 9.69 Å². The molecular formula is C33H33N3O3. The van der Waals surface area contributed by atoms with Gasteiger partial charge in [0.25, 0.3) is 0 Å². The van der Waals surface area contributed by atoms with Gasteiger partial charge in [0.05, 0.1) is 30.4 Å². The van der Waals surface area contributed by atoms with Crippen molar-refractivity contribution in [2.45, 2.75) is 52.6 Å². The third-order valence-corrected chi connectivity index (χ3v) is 7.73. The predicted octanol–water partition coefficient (Wildman–Crippen LogP) is 6.50. The molecule has 0 bridgehead atoms. The lowest BCUT2D eigenvalue weighted by atomic mass is 9.73. The quantitative estimate of drug-likeness (QED) is 0.400. The largest absolute Gasteiger partial charge is 0.497 e. The van der Waals surface area contributed by atoms with Crippen LogP contribution in [-0.4, -0.2) is 12.9 Å². The van der Waals surface area contributed by atoms with Gasteiger partial charge in [-0.2, -0.15) is 5.26 Å². The molecule has 0 amide bonds. The van der Waals surface area contributed by atoms with E-state index in [1.807, 2.05) is 74.2 Å². The topological polar surface area (TPSA) is 88.6 Å². The van der Waals surface area contributed by atoms with Gasteiger partial charge in [-0.15, -0.1) is 0 Å². The van der Waals surface area contributed by atoms with Crippen LogP contribution >= 0.6 is 0 Å². The van der Waals surface area contributed by atoms with Gasteiger partial charge in [0.2, 0.25) is 0 Å². The Hall–Kier alpha value is -4.50. The van der Waals surface area contributed by atoms with E-state index in [1.54, 1.807) is 7.11 Å². The first kappa shape index (κ1) is 26.1. The Morgan fingerprint density at radius 1 is 1.03 bits per heavy atom. The van der Waals surface area contributed by atoms with E-state index >= 15 is 0 Å². The Kier molecular flexibility index (Phi) is 7.17. The maximum absolute atomic E-state index is 13.6. The number of aryl methyl sites for hydroxylation is 2. The molecule has 6 nitrogen and oxygen atoms in total. The average Bonchev–Trinajstić information content (AvgIpc) is 2.94. The number of rotatable bonds is 6. The summed E-state index contributed by atoms with van der Waals surface area (Å²) < 4.78 is 11.4. The Bertz CT molecular complexity index is 1540. The predicted molar refractivity (Wildman–Crippen MR) is 152 cm³/mol. The van der Waals surface area contributed by atoms with Crippen LogP contribution in [0.15, 0.2) is 83.3 Å². The van der Waals surface area contributed by atoms with Crippen molar-refractivity contribution in [2.75, 3.05) is 12.0 Å². The van der Waals surface area contributed by atoms with E-state index in [4.69, 9.17) is 15.2 Å². The number of nitrogens with zero attached hydrogens (tertiary/aromatic N) is 2. The van der Waals surface area contributed by atoms with E-state index in [-0.39, 0.29) is 5.78 Å². The van der Waals surface area contributed by atoms with Crippen LogP contribution in [0.1, 0.15) is 53.0 Å². The minimum absolute atomic E-state index is 0.0806. The van der Waals surface area contributed by atoms with Gasteiger partial charge in [-0.1, -0.05) is 35.9 Å². The van der Waals surface area contributed by atoms with Crippen LogP contribution in [0.4, 0.5) is 5.69 Å². The molecule has 3 aromatic carbocycles. The van der Waals surface area contributed by atoms with E-state index in [1.165, 1.54) is 0 Å². The molecule has 0 radical (unpaired) electrons. The number of hydrogen-bond acceptors (Lipinski definition) is 6. The van der Waals surface area contributed by atoms with Crippen molar-refractivity contribution in [1.82, 2.24) is 0 Å². The number of ketones is 1. The molecule has 0 spiro atoms. The normalized spacial score (nSPS) is 17.2. The summed E-state index contributed by atoms with van der Waals surface area (Å²) in [6, 6.07) is 22.0. The summed E-state index contributed by atoms with van der Waals surface area (Å²) in [6.07, 6.45) is 1.95. The monoisotopic (exact) mass is 519 g/mol. The fourth-order valence-corrected chi connectivity index (χ4v) is 5.73. The fourth-order valence-electron chi connectivity index (χ4n) is 5.73. The van der Waals surface area contributed by atoms with Crippen molar-refractivity contribution < 1.29 is 14.3 Å². The number of methoxy groups -OCH3 is 1. The van der Waals surface area contributed by atoms with Gasteiger partial charge in [0, 0.05) is 17.7 Å². The average molecular weight is 520 g/mol. The number of nitriles is 1. The lowest BCUT2D eigenvalue weighted by Crippen LogP contribution is -2.39. The molecule has 0 aromatic heterocycles. The molecule has 198 valence electrons. The second kappa shape index (κ2) is 10.7. The van der Waals surface area contributed by atoms with Crippen molar-refractivity contribution in [1.29, 1.82) is 5.26 Å². The van der Waals surface area contributed by atoms with Crippen LogP contribution in [0.3, 0.4) is 0 Å². The van der Waals surface area contributed by atoms with Gasteiger partial charge in [0.15, 0.2) is 5.78 Å². The van der Waals surface area contributed by atoms with E-state index in [0.717, 1.165) is 63.5 Å². The van der Waals surface area contributed by atoms with Crippen LogP contribution < -0.4 is 20.1 Å². The summed E-state index contributed by atoms with van der Waals surface area (Å²) in [4.78, 5) is 15.5. The maximum Gasteiger partial charge on any atom is 0.161 e. The zero-order valence-corrected chi connectivity index (χ0v) is 22.9. The summed E-state index contributed by atoms with van der Waals surface area (Å²) >= 11 is 0. The fraction of sp³-hybridized carbons (Fsp3) is 0.273. The van der Waals surface area contributed by atoms with Gasteiger partial charge in [-0.25, -0.2) is 0 Å². The van der Waals surface area contributed by atoms with Crippen LogP contribution in [0.25, 0.3) is 0 Å². The Balaban J connectivity index is 1.61. The summed E-state index contributed by atoms with van der Waals surface area (Å²) in [5.41, 5.74) is 14.7. The number of allylic oxidation sites excluding steroid dienone is 3. The molecule has 2 N–H and O–H groups in total. The summed E-state index contributed by atoms with van der Waals surface area (Å²) in [6.45, 7) is 6.44. The number of Topliss-reactive ketones (excluding diaryl/α,β-unsaturated/α-hetero) is 1. The van der Waals surface area contributed by atoms with Crippen LogP contribution in [0.2, 0.25) is 0 Å². The summed E-state index contributed by atoms with van der Waals surface area (Å²) in [5, 5.41) is 10.4. The zero-order valence-electron chi connectivity index (χ0n) is 22.9. The number of para-hydroxylation sites is 1. The first-order valence-corrected chi connectivity index (χ1v) is 13.2. The number of nitrogens with two attached hydrogens (primary N) is 1. The Morgan fingerprint density at radius 2 is 1.74 bits per heavy atom. The molecule has 6 heteroatoms. The van der Waals surface area contributed by atoms with Gasteiger partial charge in [-0.05, 0) is 86.2 Å². The maximum atomic E-state index is 13.6. The molecule has 2 aliphatic rings. The minimum atomic E-state index is -0.516. The van der Waals surface area contributed by atoms with E-state index in [2.05, 4.69) is 18.2 Å². The highest BCUT2D eigenvalue weighted by Crippen LogP contribution is 2.47. The highest BCUT2D eigenvalue weighted by molar-refractivity contribution is 6.01. The van der Waals surface area contributed by atoms with Gasteiger partial charge < -0.3 is 15.2 Å². The number of anilines is 1. The van der Waals surface area contributed by atoms with Crippen LogP contribution in [-0.2, 0) is 11.4 Å². The summed E-state index contributed by atoms with van der Waals surface area (Å²) in [5.74, 6) is 1.46. The molecular weight excluding hydrogens is 486 g/mol. The number of carbonyl (C=O) groups excluding carboxylic acids is 1. The van der Waals surface area contributed by atoms with Crippen molar-refractivity contribution in [3.63, 3.8) is 0 Å². The van der Waals surface area contributed by atoms with Crippen LogP contribution in [0, 0.1) is 32.1 Å². The lowest BCUT2D eigenvalue weighted by molar-refractivity contribution is -0.116. The third kappa shape index (κ3) is 4.77. The summed E-state index contributed by atoms with van der Waals surface area (Å²) in [7, 11) is 1.63. The Labute approximate surface area is 230 Å². The van der Waals surface area contributed by atoms with E-state index in [0.29, 0.717) is 30.0 Å². The molecule has 5 rings (SSSR count). The highest BCUT2D eigenvalue weighted by Gasteiger charge is 2.41. The lowest BCUT2D eigenvalue weighted by Gasteiger charge is -2.40. The molecule has 1 aliphatic heterocycles. The van der Waals surface area contributed by atoms with Crippen molar-refractivity contribution in [3.8, 4) is 17.6 Å². The second-order valence-electron chi connectivity index (χ2n) is 10.2. The number of carbonyl (C=O) groups is 1. The molecule has 0 saturated carbocycles. The first-order chi connectivity index (χ1) is 18.8. The standard InChI is InChI=1S/C33H33N3O3/c1-20-16-23(19-39-25-14-12-24(38-4)13-15-25)22(3)26(17-20)31-27(18-34)33(35)36(28-9-6-5-8-21(28)2)29-10-7-11-30(37)32(29)31/h5-6,8-9,12-17,31H,7,10-11,19,35H2,1-4H3. The molecule has 39 heavy (non-hydrogen) atoms. The highest BCUT2D eigenvalue weighted by atomic mass is 16.5. The Morgan fingerprint density at radius 3 is 2.44 bits per heavy atom. The van der Waals surface area contributed by atoms with Crippen LogP contribution in [0.5, 0.6) is 11.5 Å². The van der Waals surface area contributed by atoms with Crippen molar-refractivity contribution >= 4 is 11.5 Å². The third-order valence-electron chi connectivity index (χ3n) is 7.73. The first-order valence-electron chi connectivity index (χ1n) is 13.2.